The highest BCUT2D eigenvalue weighted by atomic mass is 79.9. The minimum absolute atomic E-state index is 1.03. The van der Waals surface area contributed by atoms with Crippen molar-refractivity contribution in [2.75, 3.05) is 0 Å². The molecule has 0 saturated carbocycles. The number of hydrogen-bond donors (Lipinski definition) is 0. The fourth-order valence-corrected chi connectivity index (χ4v) is 4.89. The summed E-state index contributed by atoms with van der Waals surface area (Å²) < 4.78 is 4.24. The Morgan fingerprint density at radius 2 is 1.05 bits per heavy atom. The van der Waals surface area contributed by atoms with Gasteiger partial charge in [0.1, 0.15) is 0 Å². The van der Waals surface area contributed by atoms with Gasteiger partial charge in [0.2, 0.25) is 0 Å². The third kappa shape index (κ3) is 2.69. The Bertz CT molecular complexity index is 673. The minimum atomic E-state index is 1.03. The van der Waals surface area contributed by atoms with Crippen LogP contribution in [0.3, 0.4) is 0 Å². The van der Waals surface area contributed by atoms with Crippen LogP contribution in [-0.4, -0.2) is 0 Å². The van der Waals surface area contributed by atoms with Gasteiger partial charge in [0.15, 0.2) is 0 Å². The van der Waals surface area contributed by atoms with Gasteiger partial charge in [-0.05, 0) is 119 Å². The first kappa shape index (κ1) is 16.7. The van der Waals surface area contributed by atoms with Crippen LogP contribution in [0.2, 0.25) is 0 Å². The Hall–Kier alpha value is 0.360. The van der Waals surface area contributed by atoms with Crippen LogP contribution in [0.4, 0.5) is 0 Å². The van der Waals surface area contributed by atoms with Gasteiger partial charge in [0.25, 0.3) is 0 Å². The van der Waals surface area contributed by atoms with Gasteiger partial charge in [-0.15, -0.1) is 0 Å². The lowest BCUT2D eigenvalue weighted by atomic mass is 9.90. The summed E-state index contributed by atoms with van der Waals surface area (Å²) in [6.07, 6.45) is 0. The standard InChI is InChI=1S/C16H14Br4/c1-7-5-6-8(2)11(9(7)3)12-10(4)13(17)15(19)16(20)14(12)18/h5-6H,1-4H3. The van der Waals surface area contributed by atoms with Crippen molar-refractivity contribution in [3.05, 3.63) is 52.3 Å². The molecule has 0 radical (unpaired) electrons. The van der Waals surface area contributed by atoms with Gasteiger partial charge in [-0.25, -0.2) is 0 Å². The lowest BCUT2D eigenvalue weighted by Gasteiger charge is -2.19. The van der Waals surface area contributed by atoms with E-state index in [2.05, 4.69) is 104 Å². The van der Waals surface area contributed by atoms with Crippen molar-refractivity contribution in [3.8, 4) is 11.1 Å². The Balaban J connectivity index is 2.95. The second-order valence-corrected chi connectivity index (χ2v) is 8.13. The first-order valence-electron chi connectivity index (χ1n) is 6.17. The molecule has 0 amide bonds. The second-order valence-electron chi connectivity index (χ2n) is 4.96. The maximum absolute atomic E-state index is 3.75. The fourth-order valence-electron chi connectivity index (χ4n) is 2.37. The molecule has 20 heavy (non-hydrogen) atoms. The molecular formula is C16H14Br4. The normalized spacial score (nSPS) is 11.0. The number of aryl methyl sites for hydroxylation is 2. The van der Waals surface area contributed by atoms with E-state index in [1.165, 1.54) is 33.4 Å². The van der Waals surface area contributed by atoms with Crippen LogP contribution in [0.1, 0.15) is 22.3 Å². The summed E-state index contributed by atoms with van der Waals surface area (Å²) in [5.74, 6) is 0. The van der Waals surface area contributed by atoms with E-state index >= 15 is 0 Å². The molecule has 0 aromatic heterocycles. The van der Waals surface area contributed by atoms with Crippen LogP contribution in [0.25, 0.3) is 11.1 Å². The average molecular weight is 526 g/mol. The van der Waals surface area contributed by atoms with Crippen molar-refractivity contribution in [1.29, 1.82) is 0 Å². The summed E-state index contributed by atoms with van der Waals surface area (Å²) in [7, 11) is 0. The Labute approximate surface area is 153 Å². The number of hydrogen-bond acceptors (Lipinski definition) is 0. The molecule has 0 N–H and O–H groups in total. The number of rotatable bonds is 1. The van der Waals surface area contributed by atoms with Crippen LogP contribution < -0.4 is 0 Å². The lowest BCUT2D eigenvalue weighted by Crippen LogP contribution is -1.97. The summed E-state index contributed by atoms with van der Waals surface area (Å²) >= 11 is 14.7. The van der Waals surface area contributed by atoms with Crippen molar-refractivity contribution in [2.24, 2.45) is 0 Å². The second kappa shape index (κ2) is 6.23. The largest absolute Gasteiger partial charge is 0.0588 e. The van der Waals surface area contributed by atoms with E-state index in [4.69, 9.17) is 0 Å². The fraction of sp³-hybridized carbons (Fsp3) is 0.250. The maximum atomic E-state index is 3.75. The van der Waals surface area contributed by atoms with Gasteiger partial charge in [-0.3, -0.25) is 0 Å². The molecule has 2 rings (SSSR count). The van der Waals surface area contributed by atoms with Crippen molar-refractivity contribution in [1.82, 2.24) is 0 Å². The van der Waals surface area contributed by atoms with E-state index in [1.807, 2.05) is 0 Å². The number of benzene rings is 2. The maximum Gasteiger partial charge on any atom is 0.0477 e. The van der Waals surface area contributed by atoms with Crippen molar-refractivity contribution in [3.63, 3.8) is 0 Å². The van der Waals surface area contributed by atoms with Crippen LogP contribution >= 0.6 is 63.7 Å². The number of halogens is 4. The van der Waals surface area contributed by atoms with Gasteiger partial charge >= 0.3 is 0 Å². The zero-order valence-corrected chi connectivity index (χ0v) is 18.0. The molecule has 0 aliphatic rings. The zero-order chi connectivity index (χ0) is 15.2. The summed E-state index contributed by atoms with van der Waals surface area (Å²) in [6, 6.07) is 4.37. The third-order valence-electron chi connectivity index (χ3n) is 3.70. The predicted octanol–water partition coefficient (Wildman–Crippen LogP) is 7.64. The van der Waals surface area contributed by atoms with Gasteiger partial charge in [-0.2, -0.15) is 0 Å². The van der Waals surface area contributed by atoms with Crippen LogP contribution in [0, 0.1) is 27.7 Å². The van der Waals surface area contributed by atoms with E-state index in [0.29, 0.717) is 0 Å². The molecule has 0 saturated heterocycles. The van der Waals surface area contributed by atoms with Crippen LogP contribution in [-0.2, 0) is 0 Å². The first-order chi connectivity index (χ1) is 9.27. The molecular weight excluding hydrogens is 512 g/mol. The molecule has 0 nitrogen and oxygen atoms in total. The first-order valence-corrected chi connectivity index (χ1v) is 9.34. The molecule has 2 aromatic rings. The summed E-state index contributed by atoms with van der Waals surface area (Å²) in [5.41, 5.74) is 7.71. The quantitative estimate of drug-likeness (QED) is 0.265. The van der Waals surface area contributed by atoms with E-state index in [1.54, 1.807) is 0 Å². The molecule has 4 heteroatoms. The van der Waals surface area contributed by atoms with E-state index in [-0.39, 0.29) is 0 Å². The highest BCUT2D eigenvalue weighted by Gasteiger charge is 2.20. The molecule has 0 unspecified atom stereocenters. The summed E-state index contributed by atoms with van der Waals surface area (Å²) in [4.78, 5) is 0. The Morgan fingerprint density at radius 3 is 1.65 bits per heavy atom. The highest BCUT2D eigenvalue weighted by Crippen LogP contribution is 2.47. The van der Waals surface area contributed by atoms with E-state index in [0.717, 1.165) is 17.9 Å². The molecule has 106 valence electrons. The molecule has 0 atom stereocenters. The highest BCUT2D eigenvalue weighted by molar-refractivity contribution is 9.15. The molecule has 0 aliphatic carbocycles. The minimum Gasteiger partial charge on any atom is -0.0588 e. The van der Waals surface area contributed by atoms with Crippen LogP contribution in [0.15, 0.2) is 30.0 Å². The topological polar surface area (TPSA) is 0 Å². The Kier molecular flexibility index (Phi) is 5.21. The van der Waals surface area contributed by atoms with E-state index < -0.39 is 0 Å². The molecule has 0 aliphatic heterocycles. The van der Waals surface area contributed by atoms with Crippen molar-refractivity contribution < 1.29 is 0 Å². The lowest BCUT2D eigenvalue weighted by molar-refractivity contribution is 1.27. The van der Waals surface area contributed by atoms with E-state index in [9.17, 15) is 0 Å². The molecule has 2 aromatic carbocycles. The Morgan fingerprint density at radius 1 is 0.550 bits per heavy atom. The predicted molar refractivity (Wildman–Crippen MR) is 102 cm³/mol. The van der Waals surface area contributed by atoms with Gasteiger partial charge in [-0.1, -0.05) is 12.1 Å². The third-order valence-corrected chi connectivity index (χ3v) is 8.66. The van der Waals surface area contributed by atoms with Crippen molar-refractivity contribution >= 4 is 63.7 Å². The van der Waals surface area contributed by atoms with Gasteiger partial charge in [0, 0.05) is 23.5 Å². The smallest absolute Gasteiger partial charge is 0.0477 e. The molecule has 0 heterocycles. The molecule has 0 bridgehead atoms. The van der Waals surface area contributed by atoms with Crippen LogP contribution in [0.5, 0.6) is 0 Å². The SMILES string of the molecule is Cc1ccc(C)c(-c2c(C)c(Br)c(Br)c(Br)c2Br)c1C. The monoisotopic (exact) mass is 522 g/mol. The summed E-state index contributed by atoms with van der Waals surface area (Å²) in [5, 5.41) is 0. The average Bonchev–Trinajstić information content (AvgIpc) is 2.42. The van der Waals surface area contributed by atoms with Crippen molar-refractivity contribution in [2.45, 2.75) is 27.7 Å². The zero-order valence-electron chi connectivity index (χ0n) is 11.7. The van der Waals surface area contributed by atoms with Gasteiger partial charge < -0.3 is 0 Å². The molecule has 0 fully saturated rings. The summed E-state index contributed by atoms with van der Waals surface area (Å²) in [6.45, 7) is 8.65. The van der Waals surface area contributed by atoms with Gasteiger partial charge in [0.05, 0.1) is 0 Å². The molecule has 0 spiro atoms.